The van der Waals surface area contributed by atoms with Gasteiger partial charge in [-0.1, -0.05) is 18.6 Å². The van der Waals surface area contributed by atoms with Gasteiger partial charge in [-0.3, -0.25) is 4.90 Å². The van der Waals surface area contributed by atoms with Gasteiger partial charge >= 0.3 is 5.69 Å². The summed E-state index contributed by atoms with van der Waals surface area (Å²) in [5.74, 6) is 0. The van der Waals surface area contributed by atoms with Crippen molar-refractivity contribution in [2.75, 3.05) is 13.1 Å². The molecule has 1 aromatic heterocycles. The Morgan fingerprint density at radius 2 is 1.87 bits per heavy atom. The van der Waals surface area contributed by atoms with Crippen molar-refractivity contribution in [2.45, 2.75) is 43.5 Å². The van der Waals surface area contributed by atoms with E-state index in [9.17, 15) is 4.79 Å². The Kier molecular flexibility index (Phi) is 4.04. The predicted octanol–water partition coefficient (Wildman–Crippen LogP) is 3.50. The van der Waals surface area contributed by atoms with E-state index in [0.29, 0.717) is 6.04 Å². The zero-order valence-corrected chi connectivity index (χ0v) is 13.9. The van der Waals surface area contributed by atoms with E-state index >= 15 is 0 Å². The Balaban J connectivity index is 1.63. The predicted molar refractivity (Wildman–Crippen MR) is 95.0 cm³/mol. The van der Waals surface area contributed by atoms with Crippen LogP contribution in [0.5, 0.6) is 0 Å². The zero-order valence-electron chi connectivity index (χ0n) is 13.1. The van der Waals surface area contributed by atoms with Crippen LogP contribution >= 0.6 is 11.6 Å². The summed E-state index contributed by atoms with van der Waals surface area (Å²) in [6.07, 6.45) is 8.40. The van der Waals surface area contributed by atoms with E-state index < -0.39 is 0 Å². The van der Waals surface area contributed by atoms with Gasteiger partial charge in [0.25, 0.3) is 0 Å². The minimum Gasteiger partial charge on any atom is -0.306 e. The molecule has 2 atom stereocenters. The smallest absolute Gasteiger partial charge is 0.306 e. The summed E-state index contributed by atoms with van der Waals surface area (Å²) in [6.45, 7) is 2.34. The van der Waals surface area contributed by atoms with Crippen molar-refractivity contribution in [3.8, 4) is 0 Å². The Morgan fingerprint density at radius 3 is 2.70 bits per heavy atom. The Labute approximate surface area is 140 Å². The third-order valence-electron chi connectivity index (χ3n) is 5.17. The van der Waals surface area contributed by atoms with E-state index in [1.54, 1.807) is 0 Å². The second-order valence-corrected chi connectivity index (χ2v) is 7.11. The molecule has 1 aliphatic heterocycles. The molecule has 1 aromatic carbocycles. The monoisotopic (exact) mass is 331 g/mol. The minimum atomic E-state index is -0.164. The van der Waals surface area contributed by atoms with E-state index in [1.165, 1.54) is 37.9 Å². The molecule has 2 N–H and O–H groups in total. The standard InChI is InChI=1S/C18H22ClN3O/c19-17-13(5-4-6-16(17)22-9-2-1-3-10-22)12-7-8-14-15(11-12)21-18(23)20-14/h5,7-8,11,16-17H,1-4,6,9-10H2,(H2,20,21,23). The van der Waals surface area contributed by atoms with Gasteiger partial charge < -0.3 is 9.97 Å². The van der Waals surface area contributed by atoms with Crippen LogP contribution in [0.3, 0.4) is 0 Å². The quantitative estimate of drug-likeness (QED) is 0.828. The first-order valence-corrected chi connectivity index (χ1v) is 8.96. The third-order valence-corrected chi connectivity index (χ3v) is 5.70. The first-order chi connectivity index (χ1) is 11.2. The van der Waals surface area contributed by atoms with E-state index in [0.717, 1.165) is 29.4 Å². The Bertz CT molecular complexity index is 785. The molecular formula is C18H22ClN3O. The second-order valence-electron chi connectivity index (χ2n) is 6.64. The highest BCUT2D eigenvalue weighted by molar-refractivity contribution is 6.27. The van der Waals surface area contributed by atoms with Crippen molar-refractivity contribution in [1.82, 2.24) is 14.9 Å². The number of aromatic nitrogens is 2. The average Bonchev–Trinajstić information content (AvgIpc) is 2.95. The van der Waals surface area contributed by atoms with Gasteiger partial charge in [0.2, 0.25) is 0 Å². The maximum atomic E-state index is 11.4. The van der Waals surface area contributed by atoms with Crippen LogP contribution in [-0.4, -0.2) is 39.4 Å². The summed E-state index contributed by atoms with van der Waals surface area (Å²) in [5, 5.41) is 0.0185. The lowest BCUT2D eigenvalue weighted by Crippen LogP contribution is -2.45. The van der Waals surface area contributed by atoms with Gasteiger partial charge in [-0.25, -0.2) is 4.79 Å². The molecule has 23 heavy (non-hydrogen) atoms. The summed E-state index contributed by atoms with van der Waals surface area (Å²) in [5.41, 5.74) is 3.85. The fourth-order valence-electron chi connectivity index (χ4n) is 3.98. The molecule has 0 radical (unpaired) electrons. The number of halogens is 1. The van der Waals surface area contributed by atoms with Crippen LogP contribution in [0.25, 0.3) is 16.6 Å². The van der Waals surface area contributed by atoms with Gasteiger partial charge in [-0.2, -0.15) is 0 Å². The van der Waals surface area contributed by atoms with Crippen LogP contribution in [0.15, 0.2) is 29.1 Å². The molecule has 4 rings (SSSR count). The summed E-state index contributed by atoms with van der Waals surface area (Å²) in [4.78, 5) is 19.6. The number of nitrogens with one attached hydrogen (secondary N) is 2. The normalized spacial score (nSPS) is 26.4. The van der Waals surface area contributed by atoms with Crippen molar-refractivity contribution in [1.29, 1.82) is 0 Å². The van der Waals surface area contributed by atoms with Crippen molar-refractivity contribution >= 4 is 28.2 Å². The lowest BCUT2D eigenvalue weighted by Gasteiger charge is -2.39. The van der Waals surface area contributed by atoms with Gasteiger partial charge in [0, 0.05) is 6.04 Å². The Hall–Kier alpha value is -1.52. The number of nitrogens with zero attached hydrogens (tertiary/aromatic N) is 1. The highest BCUT2D eigenvalue weighted by atomic mass is 35.5. The van der Waals surface area contributed by atoms with Crippen molar-refractivity contribution in [2.24, 2.45) is 0 Å². The highest BCUT2D eigenvalue weighted by Crippen LogP contribution is 2.35. The fourth-order valence-corrected chi connectivity index (χ4v) is 4.48. The van der Waals surface area contributed by atoms with Gasteiger partial charge in [-0.05, 0) is 62.0 Å². The number of hydrogen-bond donors (Lipinski definition) is 2. The number of aromatic amines is 2. The number of fused-ring (bicyclic) bond motifs is 1. The molecule has 4 nitrogen and oxygen atoms in total. The number of rotatable bonds is 2. The topological polar surface area (TPSA) is 51.9 Å². The number of imidazole rings is 1. The van der Waals surface area contributed by atoms with Gasteiger partial charge in [-0.15, -0.1) is 11.6 Å². The van der Waals surface area contributed by atoms with Crippen LogP contribution in [0, 0.1) is 0 Å². The lowest BCUT2D eigenvalue weighted by atomic mass is 9.87. The van der Waals surface area contributed by atoms with Crippen molar-refractivity contribution in [3.05, 3.63) is 40.3 Å². The van der Waals surface area contributed by atoms with Crippen LogP contribution in [-0.2, 0) is 0 Å². The molecule has 0 saturated carbocycles. The van der Waals surface area contributed by atoms with Crippen LogP contribution in [0.2, 0.25) is 0 Å². The number of allylic oxidation sites excluding steroid dienone is 1. The maximum absolute atomic E-state index is 11.4. The lowest BCUT2D eigenvalue weighted by molar-refractivity contribution is 0.158. The summed E-state index contributed by atoms with van der Waals surface area (Å²) in [7, 11) is 0. The van der Waals surface area contributed by atoms with Gasteiger partial charge in [0.15, 0.2) is 0 Å². The van der Waals surface area contributed by atoms with Crippen LogP contribution in [0.4, 0.5) is 0 Å². The first kappa shape index (κ1) is 15.0. The van der Waals surface area contributed by atoms with Gasteiger partial charge in [0.05, 0.1) is 16.4 Å². The third kappa shape index (κ3) is 2.86. The first-order valence-electron chi connectivity index (χ1n) is 8.53. The number of alkyl halides is 1. The number of H-pyrrole nitrogens is 2. The summed E-state index contributed by atoms with van der Waals surface area (Å²) >= 11 is 6.88. The molecule has 1 saturated heterocycles. The Morgan fingerprint density at radius 1 is 1.09 bits per heavy atom. The number of hydrogen-bond acceptors (Lipinski definition) is 2. The molecule has 2 unspecified atom stereocenters. The summed E-state index contributed by atoms with van der Waals surface area (Å²) < 4.78 is 0. The van der Waals surface area contributed by atoms with E-state index in [-0.39, 0.29) is 11.1 Å². The molecule has 2 aliphatic rings. The molecule has 0 spiro atoms. The van der Waals surface area contributed by atoms with Crippen LogP contribution < -0.4 is 5.69 Å². The van der Waals surface area contributed by atoms with E-state index in [1.807, 2.05) is 12.1 Å². The highest BCUT2D eigenvalue weighted by Gasteiger charge is 2.32. The largest absolute Gasteiger partial charge is 0.323 e. The average molecular weight is 332 g/mol. The molecule has 2 aromatic rings. The van der Waals surface area contributed by atoms with E-state index in [2.05, 4.69) is 27.0 Å². The van der Waals surface area contributed by atoms with Crippen molar-refractivity contribution in [3.63, 3.8) is 0 Å². The molecule has 5 heteroatoms. The maximum Gasteiger partial charge on any atom is 0.323 e. The fraction of sp³-hybridized carbons (Fsp3) is 0.500. The van der Waals surface area contributed by atoms with Gasteiger partial charge in [0.1, 0.15) is 0 Å². The SMILES string of the molecule is O=c1[nH]c2ccc(C3=CCCC(N4CCCCC4)C3Cl)cc2[nH]1. The number of benzene rings is 1. The molecule has 122 valence electrons. The molecule has 2 heterocycles. The zero-order chi connectivity index (χ0) is 15.8. The number of piperidine rings is 1. The van der Waals surface area contributed by atoms with Crippen LogP contribution in [0.1, 0.15) is 37.7 Å². The molecule has 1 aliphatic carbocycles. The molecule has 1 fully saturated rings. The summed E-state index contributed by atoms with van der Waals surface area (Å²) in [6, 6.07) is 6.48. The molecule has 0 bridgehead atoms. The minimum absolute atomic E-state index is 0.0185. The second kappa shape index (κ2) is 6.17. The molecule has 0 amide bonds. The number of likely N-dealkylation sites (tertiary alicyclic amines) is 1. The van der Waals surface area contributed by atoms with Crippen molar-refractivity contribution < 1.29 is 0 Å². The molecular weight excluding hydrogens is 310 g/mol. The van der Waals surface area contributed by atoms with E-state index in [4.69, 9.17) is 11.6 Å².